The predicted octanol–water partition coefficient (Wildman–Crippen LogP) is 5.38. The van der Waals surface area contributed by atoms with Crippen molar-refractivity contribution in [1.29, 1.82) is 0 Å². The normalized spacial score (nSPS) is 10.8. The molecule has 1 amide bonds. The van der Waals surface area contributed by atoms with Crippen LogP contribution in [0.4, 0.5) is 0 Å². The molecule has 0 spiro atoms. The Morgan fingerprint density at radius 3 is 2.55 bits per heavy atom. The van der Waals surface area contributed by atoms with E-state index in [2.05, 4.69) is 33.1 Å². The topological polar surface area (TPSA) is 97.2 Å². The first-order chi connectivity index (χ1) is 15.9. The minimum atomic E-state index is -0.992. The summed E-state index contributed by atoms with van der Waals surface area (Å²) in [7, 11) is 0. The first kappa shape index (κ1) is 24.5. The molecule has 0 bridgehead atoms. The number of halogens is 2. The number of carboxylic acid groups (broad SMARTS) is 1. The number of rotatable bonds is 9. The van der Waals surface area contributed by atoms with Crippen LogP contribution in [0, 0.1) is 3.57 Å². The number of benzene rings is 3. The highest BCUT2D eigenvalue weighted by molar-refractivity contribution is 14.1. The Kier molecular flexibility index (Phi) is 8.67. The van der Waals surface area contributed by atoms with E-state index < -0.39 is 5.97 Å². The van der Waals surface area contributed by atoms with Crippen molar-refractivity contribution in [3.05, 3.63) is 91.5 Å². The van der Waals surface area contributed by atoms with Gasteiger partial charge in [0.05, 0.1) is 22.0 Å². The molecule has 0 aliphatic heterocycles. The van der Waals surface area contributed by atoms with E-state index >= 15 is 0 Å². The van der Waals surface area contributed by atoms with Gasteiger partial charge in [0.15, 0.2) is 11.5 Å². The number of nitrogens with one attached hydrogen (secondary N) is 1. The van der Waals surface area contributed by atoms with Gasteiger partial charge in [0.1, 0.15) is 6.61 Å². The second kappa shape index (κ2) is 11.7. The molecule has 2 N–H and O–H groups in total. The van der Waals surface area contributed by atoms with Gasteiger partial charge in [-0.2, -0.15) is 5.10 Å². The molecule has 0 fully saturated rings. The number of hydrogen-bond acceptors (Lipinski definition) is 5. The van der Waals surface area contributed by atoms with Gasteiger partial charge in [-0.3, -0.25) is 4.79 Å². The van der Waals surface area contributed by atoms with Crippen LogP contribution in [0.25, 0.3) is 0 Å². The van der Waals surface area contributed by atoms with Crippen molar-refractivity contribution in [2.24, 2.45) is 5.10 Å². The number of carbonyl (C=O) groups is 2. The average molecular weight is 579 g/mol. The largest absolute Gasteiger partial charge is 0.490 e. The fourth-order valence-corrected chi connectivity index (χ4v) is 3.75. The highest BCUT2D eigenvalue weighted by atomic mass is 127. The van der Waals surface area contributed by atoms with Gasteiger partial charge < -0.3 is 14.6 Å². The third-order valence-electron chi connectivity index (χ3n) is 4.37. The molecule has 0 heterocycles. The zero-order valence-electron chi connectivity index (χ0n) is 17.5. The number of nitrogens with zero attached hydrogens (tertiary/aromatic N) is 1. The molecule has 170 valence electrons. The van der Waals surface area contributed by atoms with E-state index in [9.17, 15) is 9.59 Å². The molecule has 0 radical (unpaired) electrons. The van der Waals surface area contributed by atoms with E-state index in [4.69, 9.17) is 26.2 Å². The summed E-state index contributed by atoms with van der Waals surface area (Å²) in [5, 5.41) is 13.7. The Labute approximate surface area is 209 Å². The van der Waals surface area contributed by atoms with E-state index in [1.807, 2.05) is 13.0 Å². The second-order valence-corrected chi connectivity index (χ2v) is 8.36. The molecule has 0 saturated carbocycles. The van der Waals surface area contributed by atoms with Crippen LogP contribution in [-0.4, -0.2) is 29.8 Å². The molecule has 3 aromatic rings. The van der Waals surface area contributed by atoms with E-state index in [1.54, 1.807) is 48.5 Å². The van der Waals surface area contributed by atoms with Gasteiger partial charge in [-0.1, -0.05) is 23.7 Å². The Hall–Kier alpha value is -3.11. The lowest BCUT2D eigenvalue weighted by molar-refractivity contribution is 0.0696. The Balaban J connectivity index is 1.72. The highest BCUT2D eigenvalue weighted by Gasteiger charge is 2.13. The third-order valence-corrected chi connectivity index (χ3v) is 5.43. The van der Waals surface area contributed by atoms with Gasteiger partial charge in [-0.15, -0.1) is 0 Å². The Bertz CT molecular complexity index is 1180. The van der Waals surface area contributed by atoms with E-state index in [0.29, 0.717) is 34.3 Å². The molecule has 0 aromatic heterocycles. The zero-order chi connectivity index (χ0) is 23.8. The molecule has 0 aliphatic rings. The van der Waals surface area contributed by atoms with Crippen LogP contribution < -0.4 is 14.9 Å². The van der Waals surface area contributed by atoms with Crippen LogP contribution in [0.5, 0.6) is 11.5 Å². The lowest BCUT2D eigenvalue weighted by atomic mass is 10.1. The van der Waals surface area contributed by atoms with Crippen molar-refractivity contribution in [3.8, 4) is 11.5 Å². The zero-order valence-corrected chi connectivity index (χ0v) is 20.5. The van der Waals surface area contributed by atoms with Crippen LogP contribution >= 0.6 is 34.2 Å². The standard InChI is InChI=1S/C24H20ClIN2O5/c1-2-32-21-12-16(13-27-28-23(29)17-6-8-19(25)9-7-17)11-20(26)22(21)33-14-15-4-3-5-18(10-15)24(30)31/h3-13H,2,14H2,1H3,(H,28,29)(H,30,31)/b27-13-. The lowest BCUT2D eigenvalue weighted by Gasteiger charge is -2.15. The predicted molar refractivity (Wildman–Crippen MR) is 135 cm³/mol. The maximum absolute atomic E-state index is 12.2. The SMILES string of the molecule is CCOc1cc(/C=N\NC(=O)c2ccc(Cl)cc2)cc(I)c1OCc1cccc(C(=O)O)c1. The van der Waals surface area contributed by atoms with Crippen LogP contribution in [0.3, 0.4) is 0 Å². The van der Waals surface area contributed by atoms with Gasteiger partial charge >= 0.3 is 5.97 Å². The molecular formula is C24H20ClIN2O5. The van der Waals surface area contributed by atoms with Gasteiger partial charge in [-0.05, 0) is 89.2 Å². The first-order valence-corrected chi connectivity index (χ1v) is 11.3. The average Bonchev–Trinajstić information content (AvgIpc) is 2.79. The number of hydrazone groups is 1. The molecule has 0 aliphatic carbocycles. The second-order valence-electron chi connectivity index (χ2n) is 6.76. The van der Waals surface area contributed by atoms with Gasteiger partial charge in [0.25, 0.3) is 5.91 Å². The Morgan fingerprint density at radius 2 is 1.85 bits per heavy atom. The van der Waals surface area contributed by atoms with E-state index in [-0.39, 0.29) is 18.1 Å². The number of hydrogen-bond donors (Lipinski definition) is 2. The maximum Gasteiger partial charge on any atom is 0.335 e. The van der Waals surface area contributed by atoms with Crippen molar-refractivity contribution in [3.63, 3.8) is 0 Å². The molecule has 9 heteroatoms. The van der Waals surface area contributed by atoms with Crippen LogP contribution in [-0.2, 0) is 6.61 Å². The molecule has 0 saturated heterocycles. The van der Waals surface area contributed by atoms with Crippen LogP contribution in [0.15, 0.2) is 65.8 Å². The molecule has 3 rings (SSSR count). The molecular weight excluding hydrogens is 559 g/mol. The van der Waals surface area contributed by atoms with Gasteiger partial charge in [0, 0.05) is 10.6 Å². The van der Waals surface area contributed by atoms with E-state index in [0.717, 1.165) is 9.13 Å². The minimum absolute atomic E-state index is 0.182. The fraction of sp³-hybridized carbons (Fsp3) is 0.125. The van der Waals surface area contributed by atoms with E-state index in [1.165, 1.54) is 12.3 Å². The third kappa shape index (κ3) is 6.93. The molecule has 33 heavy (non-hydrogen) atoms. The number of aromatic carboxylic acids is 1. The summed E-state index contributed by atoms with van der Waals surface area (Å²) in [6.07, 6.45) is 1.51. The monoisotopic (exact) mass is 578 g/mol. The summed E-state index contributed by atoms with van der Waals surface area (Å²) >= 11 is 7.97. The van der Waals surface area contributed by atoms with Crippen molar-refractivity contribution < 1.29 is 24.2 Å². The molecule has 7 nitrogen and oxygen atoms in total. The number of carboxylic acids is 1. The summed E-state index contributed by atoms with van der Waals surface area (Å²) in [5.74, 6) is -0.288. The number of carbonyl (C=O) groups excluding carboxylic acids is 1. The molecule has 0 unspecified atom stereocenters. The van der Waals surface area contributed by atoms with Crippen molar-refractivity contribution in [2.75, 3.05) is 6.61 Å². The highest BCUT2D eigenvalue weighted by Crippen LogP contribution is 2.34. The Morgan fingerprint density at radius 1 is 1.09 bits per heavy atom. The van der Waals surface area contributed by atoms with Gasteiger partial charge in [0.2, 0.25) is 0 Å². The van der Waals surface area contributed by atoms with Crippen molar-refractivity contribution >= 4 is 52.3 Å². The molecule has 0 atom stereocenters. The number of amides is 1. The van der Waals surface area contributed by atoms with Gasteiger partial charge in [-0.25, -0.2) is 10.2 Å². The first-order valence-electron chi connectivity index (χ1n) is 9.87. The summed E-state index contributed by atoms with van der Waals surface area (Å²) < 4.78 is 12.5. The van der Waals surface area contributed by atoms with Crippen molar-refractivity contribution in [2.45, 2.75) is 13.5 Å². The fourth-order valence-electron chi connectivity index (χ4n) is 2.85. The molecule has 3 aromatic carbocycles. The van der Waals surface area contributed by atoms with Crippen LogP contribution in [0.1, 0.15) is 38.8 Å². The quantitative estimate of drug-likeness (QED) is 0.202. The lowest BCUT2D eigenvalue weighted by Crippen LogP contribution is -2.17. The maximum atomic E-state index is 12.2. The van der Waals surface area contributed by atoms with Crippen LogP contribution in [0.2, 0.25) is 5.02 Å². The summed E-state index contributed by atoms with van der Waals surface area (Å²) in [6, 6.07) is 16.7. The summed E-state index contributed by atoms with van der Waals surface area (Å²) in [4.78, 5) is 23.3. The van der Waals surface area contributed by atoms with Crippen molar-refractivity contribution in [1.82, 2.24) is 5.43 Å². The number of ether oxygens (including phenoxy) is 2. The summed E-state index contributed by atoms with van der Waals surface area (Å²) in [5.41, 5.74) is 4.55. The summed E-state index contributed by atoms with van der Waals surface area (Å²) in [6.45, 7) is 2.47. The smallest absolute Gasteiger partial charge is 0.335 e. The minimum Gasteiger partial charge on any atom is -0.490 e.